The molecule has 42 heavy (non-hydrogen) atoms. The maximum Gasteiger partial charge on any atom is 0.361 e. The lowest BCUT2D eigenvalue weighted by Crippen LogP contribution is -2.34. The number of esters is 2. The van der Waals surface area contributed by atoms with Crippen LogP contribution in [0.3, 0.4) is 0 Å². The van der Waals surface area contributed by atoms with E-state index in [4.69, 9.17) is 37.8 Å². The van der Waals surface area contributed by atoms with Crippen LogP contribution in [0.2, 0.25) is 10.0 Å². The molecule has 0 radical (unpaired) electrons. The average molecular weight is 610 g/mol. The van der Waals surface area contributed by atoms with Crippen LogP contribution in [0.4, 0.5) is 0 Å². The van der Waals surface area contributed by atoms with Gasteiger partial charge in [-0.2, -0.15) is 5.10 Å². The maximum atomic E-state index is 14.0. The highest BCUT2D eigenvalue weighted by molar-refractivity contribution is 6.30. The first kappa shape index (κ1) is 29.5. The average Bonchev–Trinajstić information content (AvgIpc) is 3.58. The Kier molecular flexibility index (Phi) is 9.03. The maximum absolute atomic E-state index is 14.0. The molecule has 1 amide bonds. The largest absolute Gasteiger partial charge is 0.461 e. The van der Waals surface area contributed by atoms with Crippen LogP contribution in [-0.4, -0.2) is 56.8 Å². The Labute approximate surface area is 252 Å². The molecule has 1 aliphatic carbocycles. The summed E-state index contributed by atoms with van der Waals surface area (Å²) in [6.07, 6.45) is 4.65. The van der Waals surface area contributed by atoms with Gasteiger partial charge in [0.2, 0.25) is 5.69 Å². The Bertz CT molecular complexity index is 1550. The summed E-state index contributed by atoms with van der Waals surface area (Å²) in [6.45, 7) is 3.01. The van der Waals surface area contributed by atoms with Gasteiger partial charge in [-0.15, -0.1) is 5.10 Å². The normalized spacial score (nSPS) is 18.9. The molecular weight excluding hydrogens is 581 g/mol. The lowest BCUT2D eigenvalue weighted by molar-refractivity contribution is -0.134. The number of carbonyl (C=O) groups excluding carboxylic acids is 3. The lowest BCUT2D eigenvalue weighted by Gasteiger charge is -2.29. The summed E-state index contributed by atoms with van der Waals surface area (Å²) in [6, 6.07) is 14.5. The van der Waals surface area contributed by atoms with Crippen molar-refractivity contribution in [3.8, 4) is 0 Å². The molecule has 1 aromatic heterocycles. The van der Waals surface area contributed by atoms with Crippen LogP contribution >= 0.6 is 23.2 Å². The van der Waals surface area contributed by atoms with Crippen molar-refractivity contribution in [1.29, 1.82) is 0 Å². The van der Waals surface area contributed by atoms with Gasteiger partial charge in [0.25, 0.3) is 5.91 Å². The molecule has 1 saturated carbocycles. The van der Waals surface area contributed by atoms with Crippen molar-refractivity contribution in [2.45, 2.75) is 45.7 Å². The highest BCUT2D eigenvalue weighted by Gasteiger charge is 2.44. The number of amides is 1. The molecule has 2 heterocycles. The second-order valence-electron chi connectivity index (χ2n) is 9.83. The van der Waals surface area contributed by atoms with Crippen molar-refractivity contribution in [2.24, 2.45) is 11.0 Å². The molecule has 0 spiro atoms. The Hall–Kier alpha value is -4.02. The molecule has 0 unspecified atom stereocenters. The first-order valence-electron chi connectivity index (χ1n) is 13.7. The first-order chi connectivity index (χ1) is 20.3. The van der Waals surface area contributed by atoms with E-state index in [9.17, 15) is 14.4 Å². The smallest absolute Gasteiger partial charge is 0.361 e. The Balaban J connectivity index is 1.52. The van der Waals surface area contributed by atoms with Crippen molar-refractivity contribution in [1.82, 2.24) is 20.0 Å². The third-order valence-electron chi connectivity index (χ3n) is 7.14. The van der Waals surface area contributed by atoms with Gasteiger partial charge in [-0.25, -0.2) is 19.3 Å². The van der Waals surface area contributed by atoms with E-state index >= 15 is 0 Å². The molecule has 2 aliphatic rings. The Morgan fingerprint density at radius 3 is 2.26 bits per heavy atom. The van der Waals surface area contributed by atoms with Gasteiger partial charge in [-0.3, -0.25) is 4.79 Å². The highest BCUT2D eigenvalue weighted by atomic mass is 35.5. The third kappa shape index (κ3) is 6.10. The number of hydrogen-bond donors (Lipinski definition) is 0. The minimum Gasteiger partial charge on any atom is -0.461 e. The number of benzene rings is 2. The van der Waals surface area contributed by atoms with Crippen LogP contribution < -0.4 is 0 Å². The quantitative estimate of drug-likeness (QED) is 0.298. The zero-order chi connectivity index (χ0) is 29.8. The number of fused-ring (bicyclic) bond motifs is 1. The molecule has 5 rings (SSSR count). The highest BCUT2D eigenvalue weighted by Crippen LogP contribution is 2.44. The molecule has 0 saturated heterocycles. The van der Waals surface area contributed by atoms with Crippen LogP contribution in [0.15, 0.2) is 59.2 Å². The van der Waals surface area contributed by atoms with Crippen LogP contribution in [0.25, 0.3) is 6.08 Å². The summed E-state index contributed by atoms with van der Waals surface area (Å²) in [4.78, 5) is 39.2. The molecule has 10 nitrogen and oxygen atoms in total. The van der Waals surface area contributed by atoms with E-state index in [2.05, 4.69) is 16.4 Å². The molecule has 218 valence electrons. The van der Waals surface area contributed by atoms with E-state index < -0.39 is 30.4 Å². The Morgan fingerprint density at radius 1 is 0.952 bits per heavy atom. The summed E-state index contributed by atoms with van der Waals surface area (Å²) in [5.74, 6) is -2.16. The predicted molar refractivity (Wildman–Crippen MR) is 157 cm³/mol. The predicted octanol–water partition coefficient (Wildman–Crippen LogP) is 5.76. The van der Waals surface area contributed by atoms with E-state index in [0.29, 0.717) is 10.0 Å². The molecule has 0 N–H and O–H groups in total. The van der Waals surface area contributed by atoms with Crippen molar-refractivity contribution in [2.75, 3.05) is 13.2 Å². The monoisotopic (exact) mass is 609 g/mol. The van der Waals surface area contributed by atoms with Crippen molar-refractivity contribution < 1.29 is 23.9 Å². The summed E-state index contributed by atoms with van der Waals surface area (Å²) >= 11 is 12.3. The summed E-state index contributed by atoms with van der Waals surface area (Å²) in [7, 11) is 0. The zero-order valence-electron chi connectivity index (χ0n) is 23.1. The fourth-order valence-corrected chi connectivity index (χ4v) is 5.58. The van der Waals surface area contributed by atoms with Crippen LogP contribution in [0.5, 0.6) is 0 Å². The number of rotatable bonds is 8. The molecule has 1 fully saturated rings. The molecule has 2 aromatic carbocycles. The third-order valence-corrected chi connectivity index (χ3v) is 7.64. The fraction of sp³-hybridized carbons (Fsp3) is 0.333. The summed E-state index contributed by atoms with van der Waals surface area (Å²) in [5.41, 5.74) is 3.17. The number of allylic oxidation sites excluding steroid dienone is 1. The lowest BCUT2D eigenvalue weighted by atomic mass is 9.77. The van der Waals surface area contributed by atoms with Gasteiger partial charge < -0.3 is 9.47 Å². The topological polar surface area (TPSA) is 116 Å². The van der Waals surface area contributed by atoms with E-state index in [1.54, 1.807) is 26.0 Å². The molecule has 12 heteroatoms. The number of halogens is 2. The van der Waals surface area contributed by atoms with Crippen LogP contribution in [0.1, 0.15) is 71.3 Å². The van der Waals surface area contributed by atoms with Gasteiger partial charge in [0.05, 0.1) is 25.0 Å². The number of ether oxygens (including phenoxy) is 2. The van der Waals surface area contributed by atoms with Crippen LogP contribution in [-0.2, 0) is 20.8 Å². The van der Waals surface area contributed by atoms with E-state index in [1.165, 1.54) is 5.01 Å². The number of hydrogen-bond acceptors (Lipinski definition) is 8. The van der Waals surface area contributed by atoms with Gasteiger partial charge in [0, 0.05) is 16.0 Å². The first-order valence-corrected chi connectivity index (χ1v) is 14.5. The van der Waals surface area contributed by atoms with Crippen molar-refractivity contribution in [3.63, 3.8) is 0 Å². The molecular formula is C30H29Cl2N5O5. The number of hydrazone groups is 1. The summed E-state index contributed by atoms with van der Waals surface area (Å²) < 4.78 is 11.2. The van der Waals surface area contributed by atoms with Gasteiger partial charge in [0.1, 0.15) is 6.54 Å². The van der Waals surface area contributed by atoms with Gasteiger partial charge in [-0.05, 0) is 80.2 Å². The van der Waals surface area contributed by atoms with Gasteiger partial charge in [-0.1, -0.05) is 52.7 Å². The molecule has 1 aliphatic heterocycles. The van der Waals surface area contributed by atoms with E-state index in [-0.39, 0.29) is 30.5 Å². The number of aromatic nitrogens is 3. The SMILES string of the molecule is CCOC(=O)c1nnn(CC(=O)N2N=C3/C(=C/c4ccc(Cl)cc4)CCC[C@H]3[C@H]2c2ccc(Cl)cc2)c1C(=O)OCC. The standard InChI is InChI=1S/C30H29Cl2N5O5/c1-3-41-29(39)26-28(30(40)42-4-2)36(35-33-26)17-24(38)37-27(19-10-14-22(32)15-11-19)23-7-5-6-20(25(23)34-37)16-18-8-12-21(31)13-9-18/h8-16,23,27H,3-7,17H2,1-2H3/b20-16+/t23-,27-/m1/s1. The molecule has 3 aromatic rings. The van der Waals surface area contributed by atoms with Gasteiger partial charge in [0.15, 0.2) is 5.69 Å². The minimum absolute atomic E-state index is 0.0576. The fourth-order valence-electron chi connectivity index (χ4n) is 5.32. The Morgan fingerprint density at radius 2 is 1.60 bits per heavy atom. The number of nitrogens with zero attached hydrogens (tertiary/aromatic N) is 5. The van der Waals surface area contributed by atoms with Crippen molar-refractivity contribution >= 4 is 52.8 Å². The number of carbonyl (C=O) groups is 3. The van der Waals surface area contributed by atoms with E-state index in [0.717, 1.165) is 46.4 Å². The van der Waals surface area contributed by atoms with Crippen molar-refractivity contribution in [3.05, 3.63) is 86.7 Å². The second-order valence-corrected chi connectivity index (χ2v) is 10.7. The van der Waals surface area contributed by atoms with Gasteiger partial charge >= 0.3 is 11.9 Å². The molecule has 2 atom stereocenters. The van der Waals surface area contributed by atoms with Crippen LogP contribution in [0, 0.1) is 5.92 Å². The molecule has 0 bridgehead atoms. The second kappa shape index (κ2) is 12.9. The zero-order valence-corrected chi connectivity index (χ0v) is 24.6. The minimum atomic E-state index is -0.831. The summed E-state index contributed by atoms with van der Waals surface area (Å²) in [5, 5.41) is 15.3. The van der Waals surface area contributed by atoms with E-state index in [1.807, 2.05) is 36.4 Å².